The summed E-state index contributed by atoms with van der Waals surface area (Å²) in [6.07, 6.45) is 6.67. The van der Waals surface area contributed by atoms with Gasteiger partial charge in [-0.25, -0.2) is 8.42 Å². The first kappa shape index (κ1) is 21.3. The maximum absolute atomic E-state index is 12.9. The summed E-state index contributed by atoms with van der Waals surface area (Å²) < 4.78 is 23.4. The number of benzene rings is 1. The Morgan fingerprint density at radius 2 is 1.71 bits per heavy atom. The molecule has 0 unspecified atom stereocenters. The molecule has 1 saturated carbocycles. The van der Waals surface area contributed by atoms with Crippen LogP contribution in [0.2, 0.25) is 0 Å². The zero-order valence-corrected chi connectivity index (χ0v) is 19.3. The maximum Gasteiger partial charge on any atom is 0.253 e. The van der Waals surface area contributed by atoms with Gasteiger partial charge in [0.1, 0.15) is 0 Å². The van der Waals surface area contributed by atoms with E-state index < -0.39 is 9.84 Å². The SMILES string of the molecule is O=C(c1ccc(NC2=N[C@@H]3CS(=O)(=O)C[C@@H]3S2)cc1)N1CCN(C2CCCCC2)CC1. The Morgan fingerprint density at radius 1 is 1.00 bits per heavy atom. The summed E-state index contributed by atoms with van der Waals surface area (Å²) in [6.45, 7) is 3.55. The summed E-state index contributed by atoms with van der Waals surface area (Å²) in [5, 5.41) is 4.07. The fourth-order valence-electron chi connectivity index (χ4n) is 5.15. The Kier molecular flexibility index (Phi) is 6.00. The molecule has 2 saturated heterocycles. The molecular weight excluding hydrogens is 432 g/mol. The number of nitrogens with one attached hydrogen (secondary N) is 1. The zero-order valence-electron chi connectivity index (χ0n) is 17.7. The second-order valence-electron chi connectivity index (χ2n) is 9.06. The minimum atomic E-state index is -2.94. The summed E-state index contributed by atoms with van der Waals surface area (Å²) in [4.78, 5) is 22.0. The molecule has 3 heterocycles. The van der Waals surface area contributed by atoms with Crippen molar-refractivity contribution in [2.24, 2.45) is 4.99 Å². The van der Waals surface area contributed by atoms with Crippen molar-refractivity contribution in [3.8, 4) is 0 Å². The van der Waals surface area contributed by atoms with Crippen LogP contribution in [0.3, 0.4) is 0 Å². The lowest BCUT2D eigenvalue weighted by Crippen LogP contribution is -2.52. The number of hydrogen-bond acceptors (Lipinski definition) is 7. The number of carbonyl (C=O) groups excluding carboxylic acids is 1. The van der Waals surface area contributed by atoms with E-state index in [-0.39, 0.29) is 28.7 Å². The molecule has 1 amide bonds. The molecule has 3 aliphatic heterocycles. The van der Waals surface area contributed by atoms with Crippen LogP contribution in [-0.2, 0) is 9.84 Å². The van der Waals surface area contributed by atoms with Gasteiger partial charge in [-0.2, -0.15) is 0 Å². The van der Waals surface area contributed by atoms with Gasteiger partial charge in [0.05, 0.1) is 17.5 Å². The van der Waals surface area contributed by atoms with Gasteiger partial charge in [0.2, 0.25) is 0 Å². The normalized spacial score (nSPS) is 28.9. The van der Waals surface area contributed by atoms with E-state index in [4.69, 9.17) is 0 Å². The number of aliphatic imine (C=N–C) groups is 1. The first-order valence-electron chi connectivity index (χ1n) is 11.3. The average molecular weight is 463 g/mol. The standard InChI is InChI=1S/C22H30N4O3S2/c27-21(26-12-10-25(11-13-26)18-4-2-1-3-5-18)16-6-8-17(9-7-16)23-22-24-19-14-31(28,29)15-20(19)30-22/h6-9,18-20H,1-5,10-15H2,(H,23,24)/t19-,20+/m1/s1. The molecule has 3 fully saturated rings. The van der Waals surface area contributed by atoms with Crippen molar-refractivity contribution in [2.45, 2.75) is 49.4 Å². The van der Waals surface area contributed by atoms with Crippen molar-refractivity contribution in [2.75, 3.05) is 43.0 Å². The van der Waals surface area contributed by atoms with E-state index in [1.54, 1.807) is 0 Å². The van der Waals surface area contributed by atoms with Crippen molar-refractivity contribution >= 4 is 38.4 Å². The number of piperazine rings is 1. The quantitative estimate of drug-likeness (QED) is 0.743. The molecule has 7 nitrogen and oxygen atoms in total. The second-order valence-corrected chi connectivity index (χ2v) is 12.4. The first-order valence-corrected chi connectivity index (χ1v) is 14.0. The van der Waals surface area contributed by atoms with Crippen molar-refractivity contribution < 1.29 is 13.2 Å². The highest BCUT2D eigenvalue weighted by Gasteiger charge is 2.42. The van der Waals surface area contributed by atoms with Gasteiger partial charge in [-0.15, -0.1) is 0 Å². The molecule has 0 radical (unpaired) electrons. The number of amides is 1. The lowest BCUT2D eigenvalue weighted by Gasteiger charge is -2.40. The summed E-state index contributed by atoms with van der Waals surface area (Å²) in [5.41, 5.74) is 1.58. The van der Waals surface area contributed by atoms with E-state index in [1.807, 2.05) is 29.2 Å². The monoisotopic (exact) mass is 462 g/mol. The molecule has 1 aliphatic carbocycles. The molecule has 2 atom stereocenters. The van der Waals surface area contributed by atoms with Crippen LogP contribution in [0, 0.1) is 0 Å². The molecule has 0 aromatic heterocycles. The maximum atomic E-state index is 12.9. The molecule has 168 valence electrons. The topological polar surface area (TPSA) is 82.1 Å². The molecule has 4 aliphatic rings. The molecule has 0 bridgehead atoms. The van der Waals surface area contributed by atoms with Gasteiger partial charge in [-0.05, 0) is 37.1 Å². The van der Waals surface area contributed by atoms with E-state index in [9.17, 15) is 13.2 Å². The van der Waals surface area contributed by atoms with E-state index in [2.05, 4.69) is 15.2 Å². The van der Waals surface area contributed by atoms with Gasteiger partial charge in [0.25, 0.3) is 5.91 Å². The number of anilines is 1. The number of nitrogens with zero attached hydrogens (tertiary/aromatic N) is 3. The molecule has 9 heteroatoms. The number of carbonyl (C=O) groups is 1. The van der Waals surface area contributed by atoms with Crippen LogP contribution in [0.1, 0.15) is 42.5 Å². The minimum absolute atomic E-state index is 0.0284. The highest BCUT2D eigenvalue weighted by molar-refractivity contribution is 8.15. The number of fused-ring (bicyclic) bond motifs is 1. The fourth-order valence-corrected chi connectivity index (χ4v) is 8.83. The summed E-state index contributed by atoms with van der Waals surface area (Å²) >= 11 is 1.50. The van der Waals surface area contributed by atoms with Crippen molar-refractivity contribution in [1.29, 1.82) is 0 Å². The molecule has 1 aromatic carbocycles. The molecule has 1 N–H and O–H groups in total. The van der Waals surface area contributed by atoms with E-state index in [0.29, 0.717) is 11.6 Å². The number of thioether (sulfide) groups is 1. The Balaban J connectivity index is 1.14. The van der Waals surface area contributed by atoms with Crippen molar-refractivity contribution in [1.82, 2.24) is 9.80 Å². The first-order chi connectivity index (χ1) is 15.0. The Bertz CT molecular complexity index is 949. The van der Waals surface area contributed by atoms with Gasteiger partial charge in [-0.3, -0.25) is 14.7 Å². The van der Waals surface area contributed by atoms with Crippen LogP contribution < -0.4 is 5.32 Å². The summed E-state index contributed by atoms with van der Waals surface area (Å²) in [7, 11) is -2.94. The highest BCUT2D eigenvalue weighted by Crippen LogP contribution is 2.34. The van der Waals surface area contributed by atoms with Crippen LogP contribution in [-0.4, -0.2) is 84.3 Å². The predicted molar refractivity (Wildman–Crippen MR) is 126 cm³/mol. The highest BCUT2D eigenvalue weighted by atomic mass is 32.2. The number of hydrogen-bond donors (Lipinski definition) is 1. The van der Waals surface area contributed by atoms with Crippen LogP contribution in [0.5, 0.6) is 0 Å². The van der Waals surface area contributed by atoms with E-state index in [0.717, 1.165) is 37.0 Å². The van der Waals surface area contributed by atoms with Gasteiger partial charge in [-0.1, -0.05) is 31.0 Å². The van der Waals surface area contributed by atoms with E-state index in [1.165, 1.54) is 43.9 Å². The average Bonchev–Trinajstić information content (AvgIpc) is 3.27. The summed E-state index contributed by atoms with van der Waals surface area (Å²) in [5.74, 6) is 0.456. The third-order valence-corrected chi connectivity index (χ3v) is 10.0. The fraction of sp³-hybridized carbons (Fsp3) is 0.636. The second kappa shape index (κ2) is 8.75. The van der Waals surface area contributed by atoms with Crippen molar-refractivity contribution in [3.63, 3.8) is 0 Å². The Labute approximate surface area is 188 Å². The lowest BCUT2D eigenvalue weighted by atomic mass is 9.94. The minimum Gasteiger partial charge on any atom is -0.336 e. The van der Waals surface area contributed by atoms with Crippen LogP contribution in [0.15, 0.2) is 29.3 Å². The molecule has 5 rings (SSSR count). The van der Waals surface area contributed by atoms with E-state index >= 15 is 0 Å². The molecule has 0 spiro atoms. The van der Waals surface area contributed by atoms with Gasteiger partial charge in [0, 0.05) is 48.7 Å². The number of rotatable bonds is 3. The third-order valence-electron chi connectivity index (χ3n) is 6.89. The zero-order chi connectivity index (χ0) is 21.4. The molecular formula is C22H30N4O3S2. The largest absolute Gasteiger partial charge is 0.336 e. The Morgan fingerprint density at radius 3 is 2.39 bits per heavy atom. The smallest absolute Gasteiger partial charge is 0.253 e. The molecule has 1 aromatic rings. The van der Waals surface area contributed by atoms with Crippen LogP contribution in [0.25, 0.3) is 0 Å². The van der Waals surface area contributed by atoms with Crippen molar-refractivity contribution in [3.05, 3.63) is 29.8 Å². The number of amidine groups is 1. The van der Waals surface area contributed by atoms with Gasteiger partial charge < -0.3 is 10.2 Å². The summed E-state index contributed by atoms with van der Waals surface area (Å²) in [6, 6.07) is 8.12. The predicted octanol–water partition coefficient (Wildman–Crippen LogP) is 2.46. The Hall–Kier alpha value is -1.58. The number of sulfone groups is 1. The lowest BCUT2D eigenvalue weighted by molar-refractivity contribution is 0.0523. The molecule has 31 heavy (non-hydrogen) atoms. The third kappa shape index (κ3) is 4.78. The van der Waals surface area contributed by atoms with Gasteiger partial charge >= 0.3 is 0 Å². The van der Waals surface area contributed by atoms with Crippen LogP contribution in [0.4, 0.5) is 5.69 Å². The van der Waals surface area contributed by atoms with Crippen LogP contribution >= 0.6 is 11.8 Å². The van der Waals surface area contributed by atoms with Gasteiger partial charge in [0.15, 0.2) is 15.0 Å².